The number of nitrogens with one attached hydrogen (secondary N) is 1. The highest BCUT2D eigenvalue weighted by Crippen LogP contribution is 2.10. The molecule has 17 heavy (non-hydrogen) atoms. The molecule has 0 aliphatic rings. The van der Waals surface area contributed by atoms with Gasteiger partial charge in [0, 0.05) is 19.2 Å². The van der Waals surface area contributed by atoms with Gasteiger partial charge in [-0.15, -0.1) is 10.2 Å². The molecule has 0 aliphatic carbocycles. The molecule has 0 aliphatic heterocycles. The maximum Gasteiger partial charge on any atom is 0.163 e. The molecular weight excluding hydrogens is 226 g/mol. The van der Waals surface area contributed by atoms with Crippen molar-refractivity contribution in [2.45, 2.75) is 13.1 Å². The van der Waals surface area contributed by atoms with Crippen molar-refractivity contribution in [3.05, 3.63) is 47.5 Å². The Bertz CT molecular complexity index is 510. The molecule has 0 spiro atoms. The highest BCUT2D eigenvalue weighted by Gasteiger charge is 2.07. The van der Waals surface area contributed by atoms with E-state index in [9.17, 15) is 8.78 Å². The maximum atomic E-state index is 13.3. The summed E-state index contributed by atoms with van der Waals surface area (Å²) in [6, 6.07) is 4.13. The molecular formula is C11H12F2N4. The highest BCUT2D eigenvalue weighted by molar-refractivity contribution is 5.18. The predicted octanol–water partition coefficient (Wildman–Crippen LogP) is 1.38. The normalized spacial score (nSPS) is 10.8. The summed E-state index contributed by atoms with van der Waals surface area (Å²) in [5, 5.41) is 10.6. The Hall–Kier alpha value is -1.82. The maximum absolute atomic E-state index is 13.3. The number of aryl methyl sites for hydroxylation is 1. The molecule has 0 saturated carbocycles. The Labute approximate surface area is 97.3 Å². The van der Waals surface area contributed by atoms with Gasteiger partial charge in [0.05, 0.1) is 6.54 Å². The molecule has 0 fully saturated rings. The van der Waals surface area contributed by atoms with Crippen LogP contribution in [0, 0.1) is 11.6 Å². The second-order valence-corrected chi connectivity index (χ2v) is 3.67. The fourth-order valence-corrected chi connectivity index (χ4v) is 1.46. The first kappa shape index (κ1) is 11.7. The van der Waals surface area contributed by atoms with Crippen LogP contribution in [0.1, 0.15) is 11.4 Å². The van der Waals surface area contributed by atoms with Crippen LogP contribution >= 0.6 is 0 Å². The van der Waals surface area contributed by atoms with Crippen molar-refractivity contribution in [1.82, 2.24) is 20.1 Å². The minimum absolute atomic E-state index is 0.246. The first-order valence-electron chi connectivity index (χ1n) is 5.15. The quantitative estimate of drug-likeness (QED) is 0.875. The molecule has 4 nitrogen and oxygen atoms in total. The van der Waals surface area contributed by atoms with Crippen LogP contribution in [0.3, 0.4) is 0 Å². The molecule has 2 aromatic rings. The zero-order chi connectivity index (χ0) is 12.3. The third-order valence-corrected chi connectivity index (χ3v) is 2.44. The van der Waals surface area contributed by atoms with Crippen molar-refractivity contribution >= 4 is 0 Å². The fraction of sp³-hybridized carbons (Fsp3) is 0.273. The predicted molar refractivity (Wildman–Crippen MR) is 57.9 cm³/mol. The zero-order valence-electron chi connectivity index (χ0n) is 9.32. The standard InChI is InChI=1S/C11H12F2N4/c1-17-7-15-16-10(17)6-14-5-8-3-2-4-9(12)11(8)13/h2-4,7,14H,5-6H2,1H3. The van der Waals surface area contributed by atoms with E-state index in [1.54, 1.807) is 17.0 Å². The average molecular weight is 238 g/mol. The van der Waals surface area contributed by atoms with Gasteiger partial charge in [-0.1, -0.05) is 12.1 Å². The van der Waals surface area contributed by atoms with Crippen molar-refractivity contribution < 1.29 is 8.78 Å². The van der Waals surface area contributed by atoms with Gasteiger partial charge in [-0.05, 0) is 6.07 Å². The lowest BCUT2D eigenvalue weighted by molar-refractivity contribution is 0.491. The van der Waals surface area contributed by atoms with E-state index in [4.69, 9.17) is 0 Å². The van der Waals surface area contributed by atoms with Gasteiger partial charge in [0.25, 0.3) is 0 Å². The highest BCUT2D eigenvalue weighted by atomic mass is 19.2. The van der Waals surface area contributed by atoms with E-state index in [2.05, 4.69) is 15.5 Å². The monoisotopic (exact) mass is 238 g/mol. The molecule has 0 amide bonds. The number of halogens is 2. The summed E-state index contributed by atoms with van der Waals surface area (Å²) >= 11 is 0. The number of aromatic nitrogens is 3. The molecule has 0 atom stereocenters. The van der Waals surface area contributed by atoms with E-state index >= 15 is 0 Å². The number of hydrogen-bond donors (Lipinski definition) is 1. The lowest BCUT2D eigenvalue weighted by Gasteiger charge is -2.05. The molecule has 90 valence electrons. The van der Waals surface area contributed by atoms with Gasteiger partial charge in [0.1, 0.15) is 12.2 Å². The Balaban J connectivity index is 1.95. The van der Waals surface area contributed by atoms with Crippen molar-refractivity contribution in [3.63, 3.8) is 0 Å². The molecule has 6 heteroatoms. The number of nitrogens with zero attached hydrogens (tertiary/aromatic N) is 3. The van der Waals surface area contributed by atoms with Crippen LogP contribution in [0.4, 0.5) is 8.78 Å². The first-order chi connectivity index (χ1) is 8.18. The van der Waals surface area contributed by atoms with Crippen LogP contribution in [0.25, 0.3) is 0 Å². The molecule has 0 unspecified atom stereocenters. The number of hydrogen-bond acceptors (Lipinski definition) is 3. The van der Waals surface area contributed by atoms with Gasteiger partial charge >= 0.3 is 0 Å². The molecule has 1 aromatic carbocycles. The third-order valence-electron chi connectivity index (χ3n) is 2.44. The summed E-state index contributed by atoms with van der Waals surface area (Å²) in [4.78, 5) is 0. The Kier molecular flexibility index (Phi) is 3.43. The van der Waals surface area contributed by atoms with Gasteiger partial charge in [0.2, 0.25) is 0 Å². The van der Waals surface area contributed by atoms with Gasteiger partial charge in [-0.3, -0.25) is 0 Å². The fourth-order valence-electron chi connectivity index (χ4n) is 1.46. The van der Waals surface area contributed by atoms with Crippen LogP contribution in [0.15, 0.2) is 24.5 Å². The number of rotatable bonds is 4. The Morgan fingerprint density at radius 3 is 2.82 bits per heavy atom. The van der Waals surface area contributed by atoms with Crippen molar-refractivity contribution in [3.8, 4) is 0 Å². The summed E-state index contributed by atoms with van der Waals surface area (Å²) in [5.74, 6) is -0.900. The third kappa shape index (κ3) is 2.65. The topological polar surface area (TPSA) is 42.7 Å². The van der Waals surface area contributed by atoms with Gasteiger partial charge in [0.15, 0.2) is 11.6 Å². The summed E-state index contributed by atoms with van der Waals surface area (Å²) in [6.45, 7) is 0.697. The average Bonchev–Trinajstić information content (AvgIpc) is 2.71. The van der Waals surface area contributed by atoms with Crippen LogP contribution in [-0.2, 0) is 20.1 Å². The van der Waals surface area contributed by atoms with Crippen LogP contribution < -0.4 is 5.32 Å². The molecule has 0 bridgehead atoms. The van der Waals surface area contributed by atoms with Crippen molar-refractivity contribution in [2.24, 2.45) is 7.05 Å². The Morgan fingerprint density at radius 2 is 2.12 bits per heavy atom. The lowest BCUT2D eigenvalue weighted by Crippen LogP contribution is -2.16. The molecule has 0 radical (unpaired) electrons. The summed E-state index contributed by atoms with van der Waals surface area (Å²) < 4.78 is 28.0. The summed E-state index contributed by atoms with van der Waals surface area (Å²) in [5.41, 5.74) is 0.298. The van der Waals surface area contributed by atoms with E-state index in [1.807, 2.05) is 7.05 Å². The second-order valence-electron chi connectivity index (χ2n) is 3.67. The number of benzene rings is 1. The van der Waals surface area contributed by atoms with Gasteiger partial charge in [-0.25, -0.2) is 8.78 Å². The smallest absolute Gasteiger partial charge is 0.163 e. The minimum Gasteiger partial charge on any atom is -0.320 e. The van der Waals surface area contributed by atoms with E-state index in [0.717, 1.165) is 11.9 Å². The van der Waals surface area contributed by atoms with Crippen molar-refractivity contribution in [2.75, 3.05) is 0 Å². The molecule has 0 saturated heterocycles. The van der Waals surface area contributed by atoms with Crippen LogP contribution in [-0.4, -0.2) is 14.8 Å². The Morgan fingerprint density at radius 1 is 1.29 bits per heavy atom. The molecule has 2 rings (SSSR count). The van der Waals surface area contributed by atoms with E-state index in [1.165, 1.54) is 6.07 Å². The van der Waals surface area contributed by atoms with E-state index in [-0.39, 0.29) is 6.54 Å². The first-order valence-corrected chi connectivity index (χ1v) is 5.15. The van der Waals surface area contributed by atoms with Crippen LogP contribution in [0.5, 0.6) is 0 Å². The summed E-state index contributed by atoms with van der Waals surface area (Å²) in [6.07, 6.45) is 1.58. The minimum atomic E-state index is -0.831. The zero-order valence-corrected chi connectivity index (χ0v) is 9.32. The van der Waals surface area contributed by atoms with E-state index in [0.29, 0.717) is 12.1 Å². The summed E-state index contributed by atoms with van der Waals surface area (Å²) in [7, 11) is 1.82. The van der Waals surface area contributed by atoms with Crippen molar-refractivity contribution in [1.29, 1.82) is 0 Å². The van der Waals surface area contributed by atoms with Crippen LogP contribution in [0.2, 0.25) is 0 Å². The van der Waals surface area contributed by atoms with Gasteiger partial charge in [-0.2, -0.15) is 0 Å². The lowest BCUT2D eigenvalue weighted by atomic mass is 10.2. The van der Waals surface area contributed by atoms with E-state index < -0.39 is 11.6 Å². The SMILES string of the molecule is Cn1cnnc1CNCc1cccc(F)c1F. The molecule has 1 heterocycles. The molecule has 1 aromatic heterocycles. The largest absolute Gasteiger partial charge is 0.320 e. The van der Waals surface area contributed by atoms with Gasteiger partial charge < -0.3 is 9.88 Å². The second kappa shape index (κ2) is 5.01. The molecule has 1 N–H and O–H groups in total.